The molecular formula is C16H30N2O2. The monoisotopic (exact) mass is 282 g/mol. The zero-order chi connectivity index (χ0) is 15.0. The first-order valence-electron chi connectivity index (χ1n) is 7.86. The highest BCUT2D eigenvalue weighted by Gasteiger charge is 2.59. The molecule has 20 heavy (non-hydrogen) atoms. The summed E-state index contributed by atoms with van der Waals surface area (Å²) in [5, 5.41) is 3.26. The molecule has 2 fully saturated rings. The van der Waals surface area contributed by atoms with Crippen LogP contribution in [-0.2, 0) is 9.53 Å². The van der Waals surface area contributed by atoms with E-state index in [4.69, 9.17) is 10.5 Å². The molecule has 0 aliphatic heterocycles. The van der Waals surface area contributed by atoms with E-state index in [0.717, 1.165) is 12.3 Å². The molecule has 4 unspecified atom stereocenters. The topological polar surface area (TPSA) is 64.3 Å². The number of hydrogen-bond acceptors (Lipinski definition) is 3. The van der Waals surface area contributed by atoms with E-state index in [2.05, 4.69) is 26.1 Å². The summed E-state index contributed by atoms with van der Waals surface area (Å²) in [7, 11) is 1.67. The van der Waals surface area contributed by atoms with Crippen LogP contribution in [0, 0.1) is 16.7 Å². The van der Waals surface area contributed by atoms with Gasteiger partial charge < -0.3 is 15.8 Å². The van der Waals surface area contributed by atoms with E-state index in [-0.39, 0.29) is 22.8 Å². The highest BCUT2D eigenvalue weighted by atomic mass is 16.5. The zero-order valence-electron chi connectivity index (χ0n) is 13.4. The molecule has 0 aromatic carbocycles. The van der Waals surface area contributed by atoms with Crippen molar-refractivity contribution in [3.63, 3.8) is 0 Å². The summed E-state index contributed by atoms with van der Waals surface area (Å²) in [6.07, 6.45) is 5.29. The van der Waals surface area contributed by atoms with Crippen molar-refractivity contribution in [3.05, 3.63) is 0 Å². The molecular weight excluding hydrogens is 252 g/mol. The number of nitrogens with two attached hydrogens (primary N) is 1. The van der Waals surface area contributed by atoms with Crippen LogP contribution in [0.1, 0.15) is 52.9 Å². The van der Waals surface area contributed by atoms with Crippen LogP contribution in [0.25, 0.3) is 0 Å². The number of carbonyl (C=O) groups excluding carboxylic acids is 1. The number of ether oxygens (including phenoxy) is 1. The SMILES string of the molecule is COCCCC(N)C(=O)NC1C2(C)CCC(C2)C1(C)C. The fourth-order valence-corrected chi connectivity index (χ4v) is 4.49. The van der Waals surface area contributed by atoms with Crippen molar-refractivity contribution >= 4 is 5.91 Å². The lowest BCUT2D eigenvalue weighted by Crippen LogP contribution is -2.55. The minimum atomic E-state index is -0.413. The van der Waals surface area contributed by atoms with Gasteiger partial charge in [0.15, 0.2) is 0 Å². The molecule has 0 aromatic rings. The van der Waals surface area contributed by atoms with Crippen molar-refractivity contribution < 1.29 is 9.53 Å². The van der Waals surface area contributed by atoms with Gasteiger partial charge in [0.25, 0.3) is 0 Å². The third-order valence-electron chi connectivity index (χ3n) is 5.76. The Balaban J connectivity index is 1.94. The minimum Gasteiger partial charge on any atom is -0.385 e. The Morgan fingerprint density at radius 3 is 2.70 bits per heavy atom. The fourth-order valence-electron chi connectivity index (χ4n) is 4.49. The standard InChI is InChI=1S/C16H30N2O2/c1-15(2)11-7-8-16(3,10-11)14(15)18-13(19)12(17)6-5-9-20-4/h11-12,14H,5-10,17H2,1-4H3,(H,18,19). The van der Waals surface area contributed by atoms with Gasteiger partial charge in [0, 0.05) is 19.8 Å². The van der Waals surface area contributed by atoms with Crippen molar-refractivity contribution in [3.8, 4) is 0 Å². The lowest BCUT2D eigenvalue weighted by atomic mass is 9.68. The van der Waals surface area contributed by atoms with Crippen molar-refractivity contribution in [1.82, 2.24) is 5.32 Å². The summed E-state index contributed by atoms with van der Waals surface area (Å²) in [6.45, 7) is 7.58. The van der Waals surface area contributed by atoms with E-state index in [1.165, 1.54) is 19.3 Å². The number of methoxy groups -OCH3 is 1. The Morgan fingerprint density at radius 1 is 1.45 bits per heavy atom. The van der Waals surface area contributed by atoms with E-state index < -0.39 is 6.04 Å². The summed E-state index contributed by atoms with van der Waals surface area (Å²) in [5.41, 5.74) is 6.45. The van der Waals surface area contributed by atoms with Crippen LogP contribution < -0.4 is 11.1 Å². The molecule has 0 radical (unpaired) electrons. The normalized spacial score (nSPS) is 36.0. The van der Waals surface area contributed by atoms with Gasteiger partial charge in [-0.1, -0.05) is 20.8 Å². The second-order valence-electron chi connectivity index (χ2n) is 7.60. The molecule has 2 aliphatic carbocycles. The molecule has 2 rings (SSSR count). The highest BCUT2D eigenvalue weighted by Crippen LogP contribution is 2.62. The van der Waals surface area contributed by atoms with Crippen LogP contribution in [0.4, 0.5) is 0 Å². The minimum absolute atomic E-state index is 0.00736. The second kappa shape index (κ2) is 5.64. The van der Waals surface area contributed by atoms with Crippen LogP contribution in [0.3, 0.4) is 0 Å². The van der Waals surface area contributed by atoms with Crippen LogP contribution >= 0.6 is 0 Å². The van der Waals surface area contributed by atoms with Crippen LogP contribution in [0.15, 0.2) is 0 Å². The Morgan fingerprint density at radius 2 is 2.15 bits per heavy atom. The van der Waals surface area contributed by atoms with Gasteiger partial charge in [0.1, 0.15) is 0 Å². The quantitative estimate of drug-likeness (QED) is 0.733. The van der Waals surface area contributed by atoms with Gasteiger partial charge in [0.2, 0.25) is 5.91 Å². The number of amides is 1. The first kappa shape index (κ1) is 15.8. The van der Waals surface area contributed by atoms with Gasteiger partial charge >= 0.3 is 0 Å². The molecule has 1 amide bonds. The third kappa shape index (κ3) is 2.73. The molecule has 0 aromatic heterocycles. The van der Waals surface area contributed by atoms with Crippen molar-refractivity contribution in [2.75, 3.05) is 13.7 Å². The number of fused-ring (bicyclic) bond motifs is 2. The summed E-state index contributed by atoms with van der Waals surface area (Å²) < 4.78 is 5.01. The zero-order valence-corrected chi connectivity index (χ0v) is 13.4. The largest absolute Gasteiger partial charge is 0.385 e. The van der Waals surface area contributed by atoms with Gasteiger partial charge in [-0.25, -0.2) is 0 Å². The second-order valence-corrected chi connectivity index (χ2v) is 7.60. The predicted octanol–water partition coefficient (Wildman–Crippen LogP) is 2.07. The lowest BCUT2D eigenvalue weighted by molar-refractivity contribution is -0.125. The van der Waals surface area contributed by atoms with Crippen molar-refractivity contribution in [2.24, 2.45) is 22.5 Å². The first-order valence-corrected chi connectivity index (χ1v) is 7.86. The Labute approximate surface area is 122 Å². The molecule has 0 saturated heterocycles. The molecule has 4 heteroatoms. The number of rotatable bonds is 6. The maximum Gasteiger partial charge on any atom is 0.237 e. The van der Waals surface area contributed by atoms with Crippen molar-refractivity contribution in [1.29, 1.82) is 0 Å². The molecule has 116 valence electrons. The molecule has 2 saturated carbocycles. The maximum absolute atomic E-state index is 12.3. The van der Waals surface area contributed by atoms with E-state index in [9.17, 15) is 4.79 Å². The van der Waals surface area contributed by atoms with E-state index in [1.54, 1.807) is 7.11 Å². The molecule has 0 heterocycles. The van der Waals surface area contributed by atoms with E-state index >= 15 is 0 Å². The van der Waals surface area contributed by atoms with Crippen LogP contribution in [0.5, 0.6) is 0 Å². The highest BCUT2D eigenvalue weighted by molar-refractivity contribution is 5.82. The Kier molecular flexibility index (Phi) is 4.45. The smallest absolute Gasteiger partial charge is 0.237 e. The molecule has 2 aliphatic rings. The molecule has 2 bridgehead atoms. The molecule has 4 atom stereocenters. The molecule has 3 N–H and O–H groups in total. The van der Waals surface area contributed by atoms with Gasteiger partial charge in [-0.05, 0) is 48.9 Å². The average molecular weight is 282 g/mol. The van der Waals surface area contributed by atoms with Crippen LogP contribution in [-0.4, -0.2) is 31.7 Å². The number of hydrogen-bond donors (Lipinski definition) is 2. The Bertz CT molecular complexity index is 365. The van der Waals surface area contributed by atoms with Crippen molar-refractivity contribution in [2.45, 2.75) is 65.0 Å². The predicted molar refractivity (Wildman–Crippen MR) is 80.2 cm³/mol. The van der Waals surface area contributed by atoms with Gasteiger partial charge in [-0.3, -0.25) is 4.79 Å². The number of nitrogens with one attached hydrogen (secondary N) is 1. The van der Waals surface area contributed by atoms with Crippen LogP contribution in [0.2, 0.25) is 0 Å². The third-order valence-corrected chi connectivity index (χ3v) is 5.76. The maximum atomic E-state index is 12.3. The molecule has 4 nitrogen and oxygen atoms in total. The summed E-state index contributed by atoms with van der Waals surface area (Å²) in [4.78, 5) is 12.3. The average Bonchev–Trinajstić information content (AvgIpc) is 2.85. The summed E-state index contributed by atoms with van der Waals surface area (Å²) in [6, 6.07) is -0.154. The van der Waals surface area contributed by atoms with E-state index in [0.29, 0.717) is 13.0 Å². The number of carbonyl (C=O) groups is 1. The summed E-state index contributed by atoms with van der Waals surface area (Å²) in [5.74, 6) is 0.746. The lowest BCUT2D eigenvalue weighted by Gasteiger charge is -2.43. The summed E-state index contributed by atoms with van der Waals surface area (Å²) >= 11 is 0. The molecule has 0 spiro atoms. The van der Waals surface area contributed by atoms with E-state index in [1.807, 2.05) is 0 Å². The first-order chi connectivity index (χ1) is 9.31. The fraction of sp³-hybridized carbons (Fsp3) is 0.938. The van der Waals surface area contributed by atoms with Gasteiger partial charge in [-0.2, -0.15) is 0 Å². The van der Waals surface area contributed by atoms with Gasteiger partial charge in [0.05, 0.1) is 6.04 Å². The Hall–Kier alpha value is -0.610. The van der Waals surface area contributed by atoms with Gasteiger partial charge in [-0.15, -0.1) is 0 Å².